The third-order valence-electron chi connectivity index (χ3n) is 1.80. The van der Waals surface area contributed by atoms with Crippen molar-refractivity contribution in [2.24, 2.45) is 0 Å². The van der Waals surface area contributed by atoms with Crippen LogP contribution in [0.4, 0.5) is 0 Å². The highest BCUT2D eigenvalue weighted by molar-refractivity contribution is 6.04. The average Bonchev–Trinajstić information content (AvgIpc) is 2.25. The summed E-state index contributed by atoms with van der Waals surface area (Å²) in [5.74, 6) is 0.0269. The summed E-state index contributed by atoms with van der Waals surface area (Å²) >= 11 is 0. The number of hydrogen-bond acceptors (Lipinski definition) is 2. The fourth-order valence-corrected chi connectivity index (χ4v) is 1.06. The number of allylic oxidation sites excluding steroid dienone is 3. The lowest BCUT2D eigenvalue weighted by Crippen LogP contribution is -1.99. The zero-order valence-corrected chi connectivity index (χ0v) is 9.05. The predicted octanol–water partition coefficient (Wildman–Crippen LogP) is 2.50. The molecule has 78 valence electrons. The van der Waals surface area contributed by atoms with Crippen LogP contribution in [0.2, 0.25) is 0 Å². The first-order chi connectivity index (χ1) is 7.20. The van der Waals surface area contributed by atoms with E-state index in [4.69, 9.17) is 0 Å². The Bertz CT molecular complexity index is 363. The van der Waals surface area contributed by atoms with E-state index in [9.17, 15) is 4.79 Å². The normalized spacial score (nSPS) is 11.1. The van der Waals surface area contributed by atoms with Gasteiger partial charge in [0.1, 0.15) is 0 Å². The Morgan fingerprint density at radius 3 is 2.40 bits per heavy atom. The number of carbonyl (C=O) groups excluding carboxylic acids is 1. The molecule has 0 heterocycles. The van der Waals surface area contributed by atoms with Gasteiger partial charge in [0, 0.05) is 19.7 Å². The Hall–Kier alpha value is -1.83. The molecule has 0 amide bonds. The topological polar surface area (TPSA) is 20.3 Å². The van der Waals surface area contributed by atoms with E-state index in [0.717, 1.165) is 0 Å². The molecule has 0 aromatic heterocycles. The number of nitrogens with zero attached hydrogens (tertiary/aromatic N) is 1. The average molecular weight is 201 g/mol. The summed E-state index contributed by atoms with van der Waals surface area (Å²) in [6.07, 6.45) is 7.03. The van der Waals surface area contributed by atoms with Crippen molar-refractivity contribution in [2.75, 3.05) is 14.1 Å². The molecular weight excluding hydrogens is 186 g/mol. The number of benzene rings is 1. The van der Waals surface area contributed by atoms with Crippen LogP contribution in [0.1, 0.15) is 10.4 Å². The third-order valence-corrected chi connectivity index (χ3v) is 1.80. The minimum Gasteiger partial charge on any atom is -0.383 e. The summed E-state index contributed by atoms with van der Waals surface area (Å²) in [4.78, 5) is 13.5. The van der Waals surface area contributed by atoms with Gasteiger partial charge in [0.15, 0.2) is 5.78 Å². The second-order valence-electron chi connectivity index (χ2n) is 3.39. The largest absolute Gasteiger partial charge is 0.383 e. The Labute approximate surface area is 90.5 Å². The minimum atomic E-state index is 0.0269. The van der Waals surface area contributed by atoms with Gasteiger partial charge in [0.05, 0.1) is 0 Å². The molecule has 0 aliphatic heterocycles. The van der Waals surface area contributed by atoms with Crippen molar-refractivity contribution in [3.05, 3.63) is 60.3 Å². The summed E-state index contributed by atoms with van der Waals surface area (Å²) in [7, 11) is 3.87. The quantitative estimate of drug-likeness (QED) is 0.424. The standard InChI is InChI=1S/C13H15NO/c1-14(2)11-7-6-10-13(15)12-8-4-3-5-9-12/h3-11H,1-2H3/b10-6+,11-7+. The van der Waals surface area contributed by atoms with E-state index in [0.29, 0.717) is 5.56 Å². The fourth-order valence-electron chi connectivity index (χ4n) is 1.06. The lowest BCUT2D eigenvalue weighted by molar-refractivity contribution is 0.104. The smallest absolute Gasteiger partial charge is 0.185 e. The molecule has 0 fully saturated rings. The van der Waals surface area contributed by atoms with Gasteiger partial charge in [0.25, 0.3) is 0 Å². The molecule has 1 aromatic rings. The van der Waals surface area contributed by atoms with Crippen molar-refractivity contribution in [3.8, 4) is 0 Å². The van der Waals surface area contributed by atoms with Crippen molar-refractivity contribution in [1.29, 1.82) is 0 Å². The van der Waals surface area contributed by atoms with Gasteiger partial charge >= 0.3 is 0 Å². The maximum absolute atomic E-state index is 11.6. The van der Waals surface area contributed by atoms with Crippen molar-refractivity contribution in [2.45, 2.75) is 0 Å². The zero-order chi connectivity index (χ0) is 11.1. The van der Waals surface area contributed by atoms with E-state index >= 15 is 0 Å². The van der Waals surface area contributed by atoms with Gasteiger partial charge in [-0.2, -0.15) is 0 Å². The van der Waals surface area contributed by atoms with Crippen LogP contribution in [0.25, 0.3) is 0 Å². The van der Waals surface area contributed by atoms with E-state index < -0.39 is 0 Å². The molecular formula is C13H15NO. The van der Waals surface area contributed by atoms with Crippen molar-refractivity contribution < 1.29 is 4.79 Å². The van der Waals surface area contributed by atoms with Crippen LogP contribution in [0.15, 0.2) is 54.8 Å². The lowest BCUT2D eigenvalue weighted by atomic mass is 10.1. The van der Waals surface area contributed by atoms with Crippen LogP contribution in [-0.2, 0) is 0 Å². The number of ketones is 1. The molecule has 1 rings (SSSR count). The van der Waals surface area contributed by atoms with E-state index in [2.05, 4.69) is 0 Å². The summed E-state index contributed by atoms with van der Waals surface area (Å²) in [6.45, 7) is 0. The molecule has 0 atom stereocenters. The monoisotopic (exact) mass is 201 g/mol. The van der Waals surface area contributed by atoms with Crippen LogP contribution in [0.5, 0.6) is 0 Å². The SMILES string of the molecule is CN(C)/C=C/C=C/C(=O)c1ccccc1. The summed E-state index contributed by atoms with van der Waals surface area (Å²) in [6, 6.07) is 9.23. The molecule has 0 bridgehead atoms. The maximum atomic E-state index is 11.6. The van der Waals surface area contributed by atoms with Gasteiger partial charge in [-0.1, -0.05) is 36.4 Å². The van der Waals surface area contributed by atoms with Gasteiger partial charge in [-0.25, -0.2) is 0 Å². The first-order valence-corrected chi connectivity index (χ1v) is 4.81. The molecule has 0 unspecified atom stereocenters. The molecule has 1 aromatic carbocycles. The van der Waals surface area contributed by atoms with Crippen LogP contribution in [0, 0.1) is 0 Å². The van der Waals surface area contributed by atoms with Crippen molar-refractivity contribution in [1.82, 2.24) is 4.90 Å². The third kappa shape index (κ3) is 4.27. The molecule has 0 radical (unpaired) electrons. The summed E-state index contributed by atoms with van der Waals surface area (Å²) < 4.78 is 0. The predicted molar refractivity (Wildman–Crippen MR) is 62.7 cm³/mol. The Morgan fingerprint density at radius 2 is 1.80 bits per heavy atom. The number of hydrogen-bond donors (Lipinski definition) is 0. The zero-order valence-electron chi connectivity index (χ0n) is 9.05. The molecule has 2 heteroatoms. The van der Waals surface area contributed by atoms with Crippen molar-refractivity contribution in [3.63, 3.8) is 0 Å². The van der Waals surface area contributed by atoms with Crippen molar-refractivity contribution >= 4 is 5.78 Å². The minimum absolute atomic E-state index is 0.0269. The summed E-state index contributed by atoms with van der Waals surface area (Å²) in [5, 5.41) is 0. The highest BCUT2D eigenvalue weighted by Crippen LogP contribution is 2.00. The van der Waals surface area contributed by atoms with E-state index in [1.54, 1.807) is 12.2 Å². The van der Waals surface area contributed by atoms with Crippen LogP contribution < -0.4 is 0 Å². The Morgan fingerprint density at radius 1 is 1.13 bits per heavy atom. The van der Waals surface area contributed by atoms with Gasteiger partial charge < -0.3 is 4.90 Å². The van der Waals surface area contributed by atoms with Gasteiger partial charge in [-0.05, 0) is 18.4 Å². The van der Waals surface area contributed by atoms with E-state index in [1.807, 2.05) is 61.6 Å². The first kappa shape index (κ1) is 11.2. The van der Waals surface area contributed by atoms with Crippen LogP contribution in [-0.4, -0.2) is 24.8 Å². The molecule has 0 aliphatic carbocycles. The molecule has 0 saturated carbocycles. The fraction of sp³-hybridized carbons (Fsp3) is 0.154. The molecule has 0 aliphatic rings. The summed E-state index contributed by atoms with van der Waals surface area (Å²) in [5.41, 5.74) is 0.715. The van der Waals surface area contributed by atoms with E-state index in [-0.39, 0.29) is 5.78 Å². The molecule has 0 saturated heterocycles. The molecule has 2 nitrogen and oxygen atoms in total. The number of rotatable bonds is 4. The van der Waals surface area contributed by atoms with Crippen LogP contribution in [0.3, 0.4) is 0 Å². The highest BCUT2D eigenvalue weighted by Gasteiger charge is 1.97. The molecule has 0 spiro atoms. The van der Waals surface area contributed by atoms with Crippen LogP contribution >= 0.6 is 0 Å². The molecule has 0 N–H and O–H groups in total. The van der Waals surface area contributed by atoms with Gasteiger partial charge in [-0.3, -0.25) is 4.79 Å². The Kier molecular flexibility index (Phi) is 4.35. The highest BCUT2D eigenvalue weighted by atomic mass is 16.1. The van der Waals surface area contributed by atoms with Gasteiger partial charge in [-0.15, -0.1) is 0 Å². The second-order valence-corrected chi connectivity index (χ2v) is 3.39. The Balaban J connectivity index is 2.57. The van der Waals surface area contributed by atoms with E-state index in [1.165, 1.54) is 0 Å². The maximum Gasteiger partial charge on any atom is 0.185 e. The van der Waals surface area contributed by atoms with Gasteiger partial charge in [0.2, 0.25) is 0 Å². The lowest BCUT2D eigenvalue weighted by Gasteiger charge is -2.00. The molecule has 15 heavy (non-hydrogen) atoms. The first-order valence-electron chi connectivity index (χ1n) is 4.81. The second kappa shape index (κ2) is 5.81. The number of carbonyl (C=O) groups is 1.